The van der Waals surface area contributed by atoms with Crippen LogP contribution in [-0.2, 0) is 76.3 Å². The summed E-state index contributed by atoms with van der Waals surface area (Å²) in [6.07, 6.45) is -9.53. The average Bonchev–Trinajstić information content (AvgIpc) is 3.90. The van der Waals surface area contributed by atoms with E-state index in [1.807, 2.05) is 0 Å². The van der Waals surface area contributed by atoms with Crippen molar-refractivity contribution >= 4 is 70.0 Å². The maximum Gasteiger partial charge on any atom is 0.472 e. The number of halogens is 11. The molecule has 1 aliphatic carbocycles. The topological polar surface area (TPSA) is 266 Å². The fraction of sp³-hybridized carbons (Fsp3) is 0.372. The van der Waals surface area contributed by atoms with Crippen LogP contribution in [0.15, 0.2) is 42.5 Å². The molecule has 0 bridgehead atoms. The highest BCUT2D eigenvalue weighted by Crippen LogP contribution is 2.50. The predicted molar refractivity (Wildman–Crippen MR) is 242 cm³/mol. The average molecular weight is 1150 g/mol. The van der Waals surface area contributed by atoms with Gasteiger partial charge >= 0.3 is 38.2 Å². The van der Waals surface area contributed by atoms with Crippen molar-refractivity contribution in [2.75, 3.05) is 30.4 Å². The van der Waals surface area contributed by atoms with E-state index in [1.54, 1.807) is 5.92 Å². The van der Waals surface area contributed by atoms with Crippen LogP contribution in [0.1, 0.15) is 52.8 Å². The minimum Gasteiger partial charge on any atom is -0.480 e. The lowest BCUT2D eigenvalue weighted by Crippen LogP contribution is -2.39. The van der Waals surface area contributed by atoms with E-state index in [2.05, 4.69) is 29.8 Å². The lowest BCUT2D eigenvalue weighted by atomic mass is 9.93. The van der Waals surface area contributed by atoms with Gasteiger partial charge in [0.25, 0.3) is 0 Å². The molecular weight excluding hydrogens is 1110 g/mol. The molecule has 2 atom stereocenters. The number of phosphoric ester groups is 1. The Morgan fingerprint density at radius 1 is 1.03 bits per heavy atom. The van der Waals surface area contributed by atoms with E-state index >= 15 is 8.78 Å². The Morgan fingerprint density at radius 2 is 1.67 bits per heavy atom. The Hall–Kier alpha value is -6.84. The van der Waals surface area contributed by atoms with E-state index in [0.717, 1.165) is 24.3 Å². The van der Waals surface area contributed by atoms with Gasteiger partial charge in [-0.25, -0.2) is 31.1 Å². The minimum atomic E-state index is -5.30. The first-order chi connectivity index (χ1) is 35.1. The highest BCUT2D eigenvalue weighted by atomic mass is 35.5. The number of phosphoric acid groups is 1. The van der Waals surface area contributed by atoms with Crippen molar-refractivity contribution in [3.8, 4) is 23.5 Å². The van der Waals surface area contributed by atoms with Gasteiger partial charge in [0.2, 0.25) is 28.6 Å². The van der Waals surface area contributed by atoms with E-state index < -0.39 is 181 Å². The summed E-state index contributed by atoms with van der Waals surface area (Å²) in [5.74, 6) is -12.2. The summed E-state index contributed by atoms with van der Waals surface area (Å²) in [5, 5.41) is 17.7. The molecule has 6 rings (SSSR count). The highest BCUT2D eigenvalue weighted by molar-refractivity contribution is 7.92. The molecule has 20 nitrogen and oxygen atoms in total. The van der Waals surface area contributed by atoms with Gasteiger partial charge in [-0.05, 0) is 56.0 Å². The molecular formula is C43H38ClF10N8O12PS. The molecule has 0 fully saturated rings. The predicted octanol–water partition coefficient (Wildman–Crippen LogP) is 6.78. The number of sulfonamides is 1. The second kappa shape index (κ2) is 22.0. The van der Waals surface area contributed by atoms with Crippen molar-refractivity contribution in [1.82, 2.24) is 34.8 Å². The fourth-order valence-corrected chi connectivity index (χ4v) is 9.55. The van der Waals surface area contributed by atoms with Crippen molar-refractivity contribution in [2.45, 2.75) is 70.0 Å². The van der Waals surface area contributed by atoms with E-state index in [4.69, 9.17) is 27.8 Å². The molecule has 4 N–H and O–H groups in total. The Morgan fingerprint density at radius 3 is 2.25 bits per heavy atom. The lowest BCUT2D eigenvalue weighted by Gasteiger charge is -2.23. The fourth-order valence-electron chi connectivity index (χ4n) is 8.22. The van der Waals surface area contributed by atoms with Gasteiger partial charge in [-0.3, -0.25) is 33.6 Å². The third-order valence-corrected chi connectivity index (χ3v) is 12.9. The number of hydrogen-bond donors (Lipinski definition) is 4. The molecule has 2 aromatic carbocycles. The third-order valence-electron chi connectivity index (χ3n) is 11.1. The van der Waals surface area contributed by atoms with Crippen LogP contribution < -0.4 is 9.62 Å². The molecule has 0 spiro atoms. The highest BCUT2D eigenvalue weighted by Gasteiger charge is 2.55. The molecule has 0 saturated heterocycles. The number of benzene rings is 2. The normalized spacial score (nSPS) is 15.0. The standard InChI is InChI=1S/C43H38ClF10N8O12PS/c1-4-23-15-28-37(43(52,53)54)57-60(38(28)42(23,50)51)17-31(63)56-30(14-22-12-24(45)16-25(46)13-22)35-26(8-7-21(2)55-35)27-9-10-29(44)34-36(27)61(19-41(47,48)49)58-39(34)62(76(3,71)72)32(64)6-5-11-59(18-33(65)66)40(67)73-20-74-75(68,69)70/h1,7-10,12-13,16,23,30H,5-6,11,14-15,17-20H2,2-3H3,(H,56,63)(H,65,66)(H2,68,69,70)/t23-,30+/m1/s1. The first-order valence-corrected chi connectivity index (χ1v) is 25.2. The Bertz CT molecular complexity index is 3310. The van der Waals surface area contributed by atoms with Gasteiger partial charge in [0.15, 0.2) is 11.5 Å². The number of fused-ring (bicyclic) bond motifs is 2. The maximum atomic E-state index is 15.6. The van der Waals surface area contributed by atoms with Gasteiger partial charge in [0.1, 0.15) is 37.0 Å². The largest absolute Gasteiger partial charge is 0.480 e. The number of aromatic nitrogens is 5. The minimum absolute atomic E-state index is 0.0347. The molecule has 76 heavy (non-hydrogen) atoms. The number of aliphatic carboxylic acids is 1. The summed E-state index contributed by atoms with van der Waals surface area (Å²) in [6.45, 7) is -5.23. The van der Waals surface area contributed by atoms with Gasteiger partial charge in [-0.1, -0.05) is 29.7 Å². The summed E-state index contributed by atoms with van der Waals surface area (Å²) < 4.78 is 193. The zero-order valence-electron chi connectivity index (χ0n) is 38.8. The van der Waals surface area contributed by atoms with Crippen LogP contribution in [0, 0.1) is 36.8 Å². The van der Waals surface area contributed by atoms with Crippen molar-refractivity contribution in [2.24, 2.45) is 5.92 Å². The number of pyridine rings is 1. The number of terminal acetylenes is 1. The van der Waals surface area contributed by atoms with Crippen LogP contribution in [0.4, 0.5) is 54.5 Å². The number of anilines is 1. The molecule has 3 amide bonds. The molecule has 33 heteroatoms. The number of ether oxygens (including phenoxy) is 1. The van der Waals surface area contributed by atoms with E-state index in [0.29, 0.717) is 17.2 Å². The number of carbonyl (C=O) groups is 4. The zero-order chi connectivity index (χ0) is 56.6. The molecule has 0 saturated carbocycles. The van der Waals surface area contributed by atoms with Gasteiger partial charge in [0.05, 0.1) is 39.8 Å². The number of alkyl halides is 8. The summed E-state index contributed by atoms with van der Waals surface area (Å²) in [7, 11) is -10.1. The van der Waals surface area contributed by atoms with Gasteiger partial charge in [-0.2, -0.15) is 49.6 Å². The Kier molecular flexibility index (Phi) is 16.9. The van der Waals surface area contributed by atoms with Gasteiger partial charge in [-0.15, -0.1) is 6.42 Å². The molecule has 3 heterocycles. The molecule has 0 radical (unpaired) electrons. The van der Waals surface area contributed by atoms with Crippen LogP contribution in [0.3, 0.4) is 0 Å². The third kappa shape index (κ3) is 13.6. The van der Waals surface area contributed by atoms with Crippen LogP contribution in [0.2, 0.25) is 5.02 Å². The van der Waals surface area contributed by atoms with Gasteiger partial charge < -0.3 is 24.9 Å². The lowest BCUT2D eigenvalue weighted by molar-refractivity contribution is -0.143. The molecule has 1 aliphatic rings. The second-order valence-corrected chi connectivity index (χ2v) is 20.2. The second-order valence-electron chi connectivity index (χ2n) is 16.8. The summed E-state index contributed by atoms with van der Waals surface area (Å²) in [4.78, 5) is 74.4. The first kappa shape index (κ1) is 58.4. The Labute approximate surface area is 426 Å². The number of nitrogens with zero attached hydrogens (tertiary/aromatic N) is 7. The quantitative estimate of drug-likeness (QED) is 0.0287. The van der Waals surface area contributed by atoms with E-state index in [1.165, 1.54) is 19.1 Å². The number of aryl methyl sites for hydroxylation is 1. The molecule has 410 valence electrons. The zero-order valence-corrected chi connectivity index (χ0v) is 41.3. The van der Waals surface area contributed by atoms with Gasteiger partial charge in [0, 0.05) is 41.4 Å². The van der Waals surface area contributed by atoms with Crippen molar-refractivity contribution in [3.05, 3.63) is 93.0 Å². The van der Waals surface area contributed by atoms with Crippen LogP contribution in [-0.4, -0.2) is 109 Å². The SMILES string of the molecule is C#C[C@@H]1Cc2c(C(F)(F)F)nn(CC(=O)N[C@@H](Cc3cc(F)cc(F)c3)c3nc(C)ccc3-c3ccc(Cl)c4c(N(C(=O)CCCN(CC(=O)O)C(=O)OCOP(=O)(O)O)S(C)(=O)=O)nn(CC(F)(F)F)c34)c2C1(F)F. The van der Waals surface area contributed by atoms with Crippen LogP contribution in [0.25, 0.3) is 22.0 Å². The number of carboxylic acids is 1. The van der Waals surface area contributed by atoms with Crippen LogP contribution >= 0.6 is 19.4 Å². The number of carboxylic acid groups (broad SMARTS) is 1. The maximum absolute atomic E-state index is 15.6. The molecule has 0 unspecified atom stereocenters. The van der Waals surface area contributed by atoms with Crippen molar-refractivity contribution < 1.29 is 100 Å². The summed E-state index contributed by atoms with van der Waals surface area (Å²) in [5.41, 5.74) is -5.84. The monoisotopic (exact) mass is 1150 g/mol. The smallest absolute Gasteiger partial charge is 0.472 e. The number of nitrogens with one attached hydrogen (secondary N) is 1. The van der Waals surface area contributed by atoms with Crippen molar-refractivity contribution in [3.63, 3.8) is 0 Å². The molecule has 0 aliphatic heterocycles. The number of carbonyl (C=O) groups excluding carboxylic acids is 3. The number of hydrogen-bond acceptors (Lipinski definition) is 12. The molecule has 3 aromatic heterocycles. The molecule has 5 aromatic rings. The summed E-state index contributed by atoms with van der Waals surface area (Å²) in [6, 6.07) is 4.99. The first-order valence-electron chi connectivity index (χ1n) is 21.5. The number of amides is 3. The summed E-state index contributed by atoms with van der Waals surface area (Å²) >= 11 is 6.60. The van der Waals surface area contributed by atoms with Crippen molar-refractivity contribution in [1.29, 1.82) is 0 Å². The Balaban J connectivity index is 1.47. The number of rotatable bonds is 19. The van der Waals surface area contributed by atoms with E-state index in [-0.39, 0.29) is 41.7 Å². The van der Waals surface area contributed by atoms with E-state index in [9.17, 15) is 72.4 Å². The van der Waals surface area contributed by atoms with Crippen LogP contribution in [0.5, 0.6) is 0 Å².